The van der Waals surface area contributed by atoms with E-state index in [9.17, 15) is 9.90 Å². The molecule has 0 radical (unpaired) electrons. The average molecular weight is 261 g/mol. The van der Waals surface area contributed by atoms with Gasteiger partial charge in [-0.3, -0.25) is 0 Å². The second-order valence-electron chi connectivity index (χ2n) is 4.56. The van der Waals surface area contributed by atoms with Crippen LogP contribution in [0.1, 0.15) is 29.2 Å². The third-order valence-electron chi connectivity index (χ3n) is 2.51. The van der Waals surface area contributed by atoms with Gasteiger partial charge in [0.05, 0.1) is 0 Å². The number of carboxylic acid groups (broad SMARTS) is 1. The van der Waals surface area contributed by atoms with Gasteiger partial charge in [0.1, 0.15) is 5.01 Å². The van der Waals surface area contributed by atoms with Crippen LogP contribution in [-0.2, 0) is 6.42 Å². The standard InChI is InChI=1S/C14H15NO2S/c1-9(2)8-11-12(14(16)17)15-13(18-11)10-6-4-3-5-7-10/h3-7,9H,8H2,1-2H3,(H,16,17). The van der Waals surface area contributed by atoms with Crippen molar-refractivity contribution >= 4 is 17.3 Å². The van der Waals surface area contributed by atoms with Crippen molar-refractivity contribution in [2.45, 2.75) is 20.3 Å². The monoisotopic (exact) mass is 261 g/mol. The number of thiazole rings is 1. The second-order valence-corrected chi connectivity index (χ2v) is 5.64. The number of carboxylic acids is 1. The zero-order valence-corrected chi connectivity index (χ0v) is 11.2. The Balaban J connectivity index is 2.42. The largest absolute Gasteiger partial charge is 0.476 e. The topological polar surface area (TPSA) is 50.2 Å². The van der Waals surface area contributed by atoms with Crippen molar-refractivity contribution in [3.8, 4) is 10.6 Å². The number of aromatic nitrogens is 1. The summed E-state index contributed by atoms with van der Waals surface area (Å²) in [6.45, 7) is 4.15. The van der Waals surface area contributed by atoms with E-state index in [-0.39, 0.29) is 5.69 Å². The molecule has 0 saturated carbocycles. The van der Waals surface area contributed by atoms with Gasteiger partial charge in [0.2, 0.25) is 0 Å². The number of carbonyl (C=O) groups is 1. The molecule has 2 aromatic rings. The fourth-order valence-electron chi connectivity index (χ4n) is 1.73. The first-order valence-corrected chi connectivity index (χ1v) is 6.68. The van der Waals surface area contributed by atoms with Crippen molar-refractivity contribution in [2.24, 2.45) is 5.92 Å². The van der Waals surface area contributed by atoms with Crippen molar-refractivity contribution in [3.05, 3.63) is 40.9 Å². The minimum Gasteiger partial charge on any atom is -0.476 e. The van der Waals surface area contributed by atoms with Gasteiger partial charge in [-0.1, -0.05) is 44.2 Å². The molecule has 1 aromatic carbocycles. The molecule has 0 fully saturated rings. The van der Waals surface area contributed by atoms with E-state index in [1.54, 1.807) is 0 Å². The number of hydrogen-bond acceptors (Lipinski definition) is 3. The molecule has 2 rings (SSSR count). The summed E-state index contributed by atoms with van der Waals surface area (Å²) in [4.78, 5) is 16.3. The van der Waals surface area contributed by atoms with Gasteiger partial charge in [0.15, 0.2) is 5.69 Å². The van der Waals surface area contributed by atoms with Gasteiger partial charge >= 0.3 is 5.97 Å². The lowest BCUT2D eigenvalue weighted by molar-refractivity contribution is 0.0690. The Hall–Kier alpha value is -1.68. The molecule has 0 unspecified atom stereocenters. The van der Waals surface area contributed by atoms with E-state index >= 15 is 0 Å². The second kappa shape index (κ2) is 5.31. The molecule has 18 heavy (non-hydrogen) atoms. The summed E-state index contributed by atoms with van der Waals surface area (Å²) in [5, 5.41) is 9.96. The number of rotatable bonds is 4. The highest BCUT2D eigenvalue weighted by Gasteiger charge is 2.18. The minimum absolute atomic E-state index is 0.201. The number of aromatic carboxylic acids is 1. The molecule has 0 saturated heterocycles. The molecule has 0 atom stereocenters. The molecule has 0 spiro atoms. The van der Waals surface area contributed by atoms with Crippen LogP contribution >= 0.6 is 11.3 Å². The van der Waals surface area contributed by atoms with Gasteiger partial charge in [0.25, 0.3) is 0 Å². The lowest BCUT2D eigenvalue weighted by Gasteiger charge is -2.01. The highest BCUT2D eigenvalue weighted by molar-refractivity contribution is 7.15. The van der Waals surface area contributed by atoms with Crippen molar-refractivity contribution in [1.29, 1.82) is 0 Å². The molecule has 0 bridgehead atoms. The number of hydrogen-bond donors (Lipinski definition) is 1. The van der Waals surface area contributed by atoms with Crippen molar-refractivity contribution < 1.29 is 9.90 Å². The molecule has 1 heterocycles. The smallest absolute Gasteiger partial charge is 0.355 e. The Bertz CT molecular complexity index is 546. The first-order chi connectivity index (χ1) is 8.58. The predicted octanol–water partition coefficient (Wildman–Crippen LogP) is 3.71. The Morgan fingerprint density at radius 2 is 2.00 bits per heavy atom. The van der Waals surface area contributed by atoms with Crippen molar-refractivity contribution in [2.75, 3.05) is 0 Å². The fourth-order valence-corrected chi connectivity index (χ4v) is 3.00. The summed E-state index contributed by atoms with van der Waals surface area (Å²) in [6, 6.07) is 9.69. The van der Waals surface area contributed by atoms with Crippen molar-refractivity contribution in [1.82, 2.24) is 4.98 Å². The number of nitrogens with zero attached hydrogens (tertiary/aromatic N) is 1. The molecule has 94 valence electrons. The Morgan fingerprint density at radius 3 is 2.56 bits per heavy atom. The molecular formula is C14H15NO2S. The minimum atomic E-state index is -0.941. The molecule has 1 aromatic heterocycles. The van der Waals surface area contributed by atoms with E-state index in [4.69, 9.17) is 0 Å². The Kier molecular flexibility index (Phi) is 3.77. The van der Waals surface area contributed by atoms with E-state index in [1.807, 2.05) is 30.3 Å². The fraction of sp³-hybridized carbons (Fsp3) is 0.286. The first kappa shape index (κ1) is 12.8. The summed E-state index contributed by atoms with van der Waals surface area (Å²) >= 11 is 1.48. The highest BCUT2D eigenvalue weighted by Crippen LogP contribution is 2.29. The molecule has 0 amide bonds. The van der Waals surface area contributed by atoms with E-state index in [2.05, 4.69) is 18.8 Å². The summed E-state index contributed by atoms with van der Waals surface area (Å²) in [5.41, 5.74) is 1.17. The number of benzene rings is 1. The maximum Gasteiger partial charge on any atom is 0.355 e. The van der Waals surface area contributed by atoms with Crippen LogP contribution in [0.15, 0.2) is 30.3 Å². The van der Waals surface area contributed by atoms with Crippen LogP contribution < -0.4 is 0 Å². The summed E-state index contributed by atoms with van der Waals surface area (Å²) < 4.78 is 0. The van der Waals surface area contributed by atoms with Crippen LogP contribution in [0.3, 0.4) is 0 Å². The van der Waals surface area contributed by atoms with Crippen LogP contribution in [0.5, 0.6) is 0 Å². The van der Waals surface area contributed by atoms with E-state index in [1.165, 1.54) is 11.3 Å². The van der Waals surface area contributed by atoms with Gasteiger partial charge in [-0.05, 0) is 12.3 Å². The zero-order chi connectivity index (χ0) is 13.1. The zero-order valence-electron chi connectivity index (χ0n) is 10.4. The van der Waals surface area contributed by atoms with Crippen molar-refractivity contribution in [3.63, 3.8) is 0 Å². The molecule has 0 aliphatic heterocycles. The van der Waals surface area contributed by atoms with Crippen LogP contribution in [-0.4, -0.2) is 16.1 Å². The molecular weight excluding hydrogens is 246 g/mol. The van der Waals surface area contributed by atoms with Gasteiger partial charge in [-0.25, -0.2) is 9.78 Å². The van der Waals surface area contributed by atoms with E-state index in [0.29, 0.717) is 5.92 Å². The normalized spacial score (nSPS) is 10.8. The Labute approximate surface area is 110 Å². The Morgan fingerprint density at radius 1 is 1.33 bits per heavy atom. The first-order valence-electron chi connectivity index (χ1n) is 5.86. The molecule has 4 heteroatoms. The highest BCUT2D eigenvalue weighted by atomic mass is 32.1. The summed E-state index contributed by atoms with van der Waals surface area (Å²) in [7, 11) is 0. The maximum absolute atomic E-state index is 11.2. The third kappa shape index (κ3) is 2.76. The van der Waals surface area contributed by atoms with Crippen LogP contribution in [0.25, 0.3) is 10.6 Å². The summed E-state index contributed by atoms with van der Waals surface area (Å²) in [6.07, 6.45) is 0.756. The van der Waals surface area contributed by atoms with Gasteiger partial charge in [0, 0.05) is 10.4 Å². The van der Waals surface area contributed by atoms with Gasteiger partial charge in [-0.2, -0.15) is 0 Å². The SMILES string of the molecule is CC(C)Cc1sc(-c2ccccc2)nc1C(=O)O. The van der Waals surface area contributed by atoms with Gasteiger partial charge in [-0.15, -0.1) is 11.3 Å². The lowest BCUT2D eigenvalue weighted by atomic mass is 10.1. The average Bonchev–Trinajstić information content (AvgIpc) is 2.73. The van der Waals surface area contributed by atoms with E-state index < -0.39 is 5.97 Å². The molecule has 0 aliphatic carbocycles. The van der Waals surface area contributed by atoms with Crippen LogP contribution in [0.2, 0.25) is 0 Å². The van der Waals surface area contributed by atoms with E-state index in [0.717, 1.165) is 21.9 Å². The molecule has 0 aliphatic rings. The summed E-state index contributed by atoms with van der Waals surface area (Å²) in [5.74, 6) is -0.517. The molecule has 1 N–H and O–H groups in total. The third-order valence-corrected chi connectivity index (χ3v) is 3.64. The quantitative estimate of drug-likeness (QED) is 0.912. The maximum atomic E-state index is 11.2. The van der Waals surface area contributed by atoms with Gasteiger partial charge < -0.3 is 5.11 Å². The molecule has 3 nitrogen and oxygen atoms in total. The lowest BCUT2D eigenvalue weighted by Crippen LogP contribution is -2.03. The van der Waals surface area contributed by atoms with Crippen LogP contribution in [0.4, 0.5) is 0 Å². The van der Waals surface area contributed by atoms with Crippen LogP contribution in [0, 0.1) is 5.92 Å². The predicted molar refractivity (Wildman–Crippen MR) is 73.1 cm³/mol.